The normalized spacial score (nSPS) is 26.3. The van der Waals surface area contributed by atoms with E-state index in [2.05, 4.69) is 5.32 Å². The fourth-order valence-electron chi connectivity index (χ4n) is 1.11. The highest BCUT2D eigenvalue weighted by atomic mass is 32.2. The smallest absolute Gasteiger partial charge is 0.334 e. The summed E-state index contributed by atoms with van der Waals surface area (Å²) in [5.74, 6) is -0.955. The molecule has 15 heavy (non-hydrogen) atoms. The quantitative estimate of drug-likeness (QED) is 0.674. The number of carboxylic acids is 1. The second-order valence-electron chi connectivity index (χ2n) is 4.30. The molecule has 0 saturated carbocycles. The molecule has 0 aliphatic carbocycles. The molecule has 1 aliphatic heterocycles. The number of carbonyl (C=O) groups is 2. The summed E-state index contributed by atoms with van der Waals surface area (Å²) in [6.45, 7) is 5.33. The van der Waals surface area contributed by atoms with Gasteiger partial charge in [-0.2, -0.15) is 0 Å². The molecule has 0 aromatic heterocycles. The second-order valence-corrected chi connectivity index (χ2v) is 5.44. The van der Waals surface area contributed by atoms with Crippen LogP contribution in [0.15, 0.2) is 0 Å². The van der Waals surface area contributed by atoms with Gasteiger partial charge >= 0.3 is 11.9 Å². The second kappa shape index (κ2) is 4.40. The first-order chi connectivity index (χ1) is 6.79. The van der Waals surface area contributed by atoms with Crippen LogP contribution in [0.5, 0.6) is 0 Å². The monoisotopic (exact) mass is 233 g/mol. The molecular weight excluding hydrogens is 218 g/mol. The molecule has 2 atom stereocenters. The van der Waals surface area contributed by atoms with E-state index in [0.717, 1.165) is 0 Å². The van der Waals surface area contributed by atoms with Crippen LogP contribution in [0.2, 0.25) is 0 Å². The van der Waals surface area contributed by atoms with E-state index in [1.807, 2.05) is 0 Å². The zero-order valence-corrected chi connectivity index (χ0v) is 9.76. The van der Waals surface area contributed by atoms with Crippen molar-refractivity contribution in [2.24, 2.45) is 0 Å². The van der Waals surface area contributed by atoms with Gasteiger partial charge in [-0.15, -0.1) is 11.8 Å². The third kappa shape index (κ3) is 3.71. The predicted octanol–water partition coefficient (Wildman–Crippen LogP) is 0.444. The van der Waals surface area contributed by atoms with Gasteiger partial charge in [0.25, 0.3) is 0 Å². The summed E-state index contributed by atoms with van der Waals surface area (Å²) < 4.78 is 5.13. The van der Waals surface area contributed by atoms with Crippen LogP contribution >= 0.6 is 11.8 Å². The van der Waals surface area contributed by atoms with Crippen LogP contribution in [-0.2, 0) is 14.3 Å². The molecule has 1 fully saturated rings. The SMILES string of the molecule is CC(C)(C)OC(=O)[C@@H]1NC(C(=O)O)CS1. The third-order valence-electron chi connectivity index (χ3n) is 1.70. The first-order valence-corrected chi connectivity index (χ1v) is 5.68. The van der Waals surface area contributed by atoms with Gasteiger partial charge in [0.15, 0.2) is 5.37 Å². The molecule has 0 amide bonds. The van der Waals surface area contributed by atoms with Gasteiger partial charge in [-0.1, -0.05) is 0 Å². The average Bonchev–Trinajstić information content (AvgIpc) is 2.47. The lowest BCUT2D eigenvalue weighted by atomic mass is 10.2. The van der Waals surface area contributed by atoms with E-state index in [0.29, 0.717) is 5.75 Å². The van der Waals surface area contributed by atoms with Crippen molar-refractivity contribution in [3.63, 3.8) is 0 Å². The van der Waals surface area contributed by atoms with Crippen LogP contribution in [0.3, 0.4) is 0 Å². The molecule has 5 nitrogen and oxygen atoms in total. The fourth-order valence-corrected chi connectivity index (χ4v) is 2.17. The molecule has 1 heterocycles. The van der Waals surface area contributed by atoms with Crippen LogP contribution in [0.4, 0.5) is 0 Å². The molecule has 1 saturated heterocycles. The summed E-state index contributed by atoms with van der Waals surface area (Å²) in [6.07, 6.45) is 0. The Morgan fingerprint density at radius 2 is 2.07 bits per heavy atom. The maximum absolute atomic E-state index is 11.5. The van der Waals surface area contributed by atoms with Crippen molar-refractivity contribution in [3.05, 3.63) is 0 Å². The molecule has 1 rings (SSSR count). The number of carbonyl (C=O) groups excluding carboxylic acids is 1. The van der Waals surface area contributed by atoms with Gasteiger partial charge in [0.1, 0.15) is 11.6 Å². The first-order valence-electron chi connectivity index (χ1n) is 4.63. The van der Waals surface area contributed by atoms with Gasteiger partial charge in [-0.25, -0.2) is 4.79 Å². The van der Waals surface area contributed by atoms with E-state index < -0.39 is 29.0 Å². The van der Waals surface area contributed by atoms with Gasteiger partial charge in [-0.05, 0) is 20.8 Å². The van der Waals surface area contributed by atoms with E-state index in [1.165, 1.54) is 11.8 Å². The molecule has 2 N–H and O–H groups in total. The minimum atomic E-state index is -0.937. The maximum atomic E-state index is 11.5. The van der Waals surface area contributed by atoms with Crippen molar-refractivity contribution in [1.29, 1.82) is 0 Å². The zero-order valence-electron chi connectivity index (χ0n) is 8.94. The lowest BCUT2D eigenvalue weighted by Gasteiger charge is -2.21. The average molecular weight is 233 g/mol. The lowest BCUT2D eigenvalue weighted by molar-refractivity contribution is -0.154. The highest BCUT2D eigenvalue weighted by molar-refractivity contribution is 8.00. The topological polar surface area (TPSA) is 75.6 Å². The van der Waals surface area contributed by atoms with Crippen molar-refractivity contribution < 1.29 is 19.4 Å². The number of carboxylic acid groups (broad SMARTS) is 1. The van der Waals surface area contributed by atoms with E-state index in [9.17, 15) is 9.59 Å². The Bertz CT molecular complexity index is 274. The van der Waals surface area contributed by atoms with Crippen molar-refractivity contribution in [2.75, 3.05) is 5.75 Å². The number of hydrogen-bond acceptors (Lipinski definition) is 5. The number of thioether (sulfide) groups is 1. The minimum absolute atomic E-state index is 0.388. The van der Waals surface area contributed by atoms with E-state index in [4.69, 9.17) is 9.84 Å². The standard InChI is InChI=1S/C9H15NO4S/c1-9(2,3)14-8(13)6-10-5(4-15-6)7(11)12/h5-6,10H,4H2,1-3H3,(H,11,12)/t5?,6-/m1/s1. The van der Waals surface area contributed by atoms with Crippen molar-refractivity contribution >= 4 is 23.7 Å². The summed E-state index contributed by atoms with van der Waals surface area (Å²) in [5, 5.41) is 10.9. The molecule has 1 aliphatic rings. The van der Waals surface area contributed by atoms with Crippen LogP contribution < -0.4 is 5.32 Å². The molecule has 0 bridgehead atoms. The third-order valence-corrected chi connectivity index (χ3v) is 2.89. The Morgan fingerprint density at radius 1 is 1.47 bits per heavy atom. The lowest BCUT2D eigenvalue weighted by Crippen LogP contribution is -2.42. The van der Waals surface area contributed by atoms with Gasteiger partial charge in [0.05, 0.1) is 0 Å². The van der Waals surface area contributed by atoms with E-state index >= 15 is 0 Å². The summed E-state index contributed by atoms with van der Waals surface area (Å²) >= 11 is 1.26. The van der Waals surface area contributed by atoms with Gasteiger partial charge in [0, 0.05) is 5.75 Å². The molecule has 6 heteroatoms. The van der Waals surface area contributed by atoms with Crippen LogP contribution in [0.25, 0.3) is 0 Å². The van der Waals surface area contributed by atoms with Crippen molar-refractivity contribution in [3.8, 4) is 0 Å². The Kier molecular flexibility index (Phi) is 3.62. The summed E-state index contributed by atoms with van der Waals surface area (Å²) in [4.78, 5) is 22.2. The molecule has 0 aromatic carbocycles. The fraction of sp³-hybridized carbons (Fsp3) is 0.778. The number of esters is 1. The summed E-state index contributed by atoms with van der Waals surface area (Å²) in [6, 6.07) is -0.660. The largest absolute Gasteiger partial charge is 0.480 e. The van der Waals surface area contributed by atoms with E-state index in [1.54, 1.807) is 20.8 Å². The van der Waals surface area contributed by atoms with Crippen LogP contribution in [-0.4, -0.2) is 39.8 Å². The number of ether oxygens (including phenoxy) is 1. The van der Waals surface area contributed by atoms with E-state index in [-0.39, 0.29) is 0 Å². The molecular formula is C9H15NO4S. The summed E-state index contributed by atoms with van der Waals surface area (Å²) in [7, 11) is 0. The molecule has 0 spiro atoms. The number of hydrogen-bond donors (Lipinski definition) is 2. The van der Waals surface area contributed by atoms with Crippen LogP contribution in [0.1, 0.15) is 20.8 Å². The van der Waals surface area contributed by atoms with Crippen molar-refractivity contribution in [2.45, 2.75) is 37.8 Å². The molecule has 0 aromatic rings. The molecule has 86 valence electrons. The first kappa shape index (κ1) is 12.3. The van der Waals surface area contributed by atoms with Crippen molar-refractivity contribution in [1.82, 2.24) is 5.32 Å². The molecule has 1 unspecified atom stereocenters. The Labute approximate surface area is 92.6 Å². The summed E-state index contributed by atoms with van der Waals surface area (Å²) in [5.41, 5.74) is -0.541. The zero-order chi connectivity index (χ0) is 11.6. The minimum Gasteiger partial charge on any atom is -0.480 e. The Hall–Kier alpha value is -0.750. The van der Waals surface area contributed by atoms with Gasteiger partial charge in [-0.3, -0.25) is 10.1 Å². The highest BCUT2D eigenvalue weighted by Gasteiger charge is 2.36. The van der Waals surface area contributed by atoms with Gasteiger partial charge in [0.2, 0.25) is 0 Å². The van der Waals surface area contributed by atoms with Crippen LogP contribution in [0, 0.1) is 0 Å². The predicted molar refractivity (Wildman–Crippen MR) is 56.7 cm³/mol. The number of aliphatic carboxylic acids is 1. The number of rotatable bonds is 2. The highest BCUT2D eigenvalue weighted by Crippen LogP contribution is 2.22. The Morgan fingerprint density at radius 3 is 2.47 bits per heavy atom. The molecule has 0 radical (unpaired) electrons. The van der Waals surface area contributed by atoms with Gasteiger partial charge < -0.3 is 9.84 Å². The number of nitrogens with one attached hydrogen (secondary N) is 1. The maximum Gasteiger partial charge on any atom is 0.334 e. The Balaban J connectivity index is 2.47.